The molecule has 100 valence electrons. The van der Waals surface area contributed by atoms with Crippen LogP contribution in [0.1, 0.15) is 37.4 Å². The number of hydrogen-bond donors (Lipinski definition) is 0. The van der Waals surface area contributed by atoms with Gasteiger partial charge in [0.05, 0.1) is 11.7 Å². The van der Waals surface area contributed by atoms with Crippen molar-refractivity contribution in [2.24, 2.45) is 0 Å². The topological polar surface area (TPSA) is 27.1 Å². The van der Waals surface area contributed by atoms with Gasteiger partial charge in [-0.3, -0.25) is 4.68 Å². The highest BCUT2D eigenvalue weighted by molar-refractivity contribution is 5.23. The minimum absolute atomic E-state index is 0.276. The van der Waals surface area contributed by atoms with Crippen molar-refractivity contribution in [1.29, 1.82) is 0 Å². The lowest BCUT2D eigenvalue weighted by Gasteiger charge is -2.09. The Hall–Kier alpha value is -1.84. The largest absolute Gasteiger partial charge is 0.484 e. The van der Waals surface area contributed by atoms with Crippen LogP contribution in [0.25, 0.3) is 0 Å². The van der Waals surface area contributed by atoms with Crippen LogP contribution >= 0.6 is 0 Å². The summed E-state index contributed by atoms with van der Waals surface area (Å²) in [5.41, 5.74) is 0.843. The van der Waals surface area contributed by atoms with Crippen LogP contribution in [0.3, 0.4) is 0 Å². The summed E-state index contributed by atoms with van der Waals surface area (Å²) in [6, 6.07) is 8.91. The Morgan fingerprint density at radius 2 is 2.00 bits per heavy atom. The van der Waals surface area contributed by atoms with Crippen LogP contribution in [0.4, 0.5) is 4.39 Å². The van der Waals surface area contributed by atoms with Gasteiger partial charge in [-0.2, -0.15) is 5.10 Å². The molecule has 3 rings (SSSR count). The average Bonchev–Trinajstić information content (AvgIpc) is 3.09. The van der Waals surface area contributed by atoms with E-state index in [2.05, 4.69) is 5.10 Å². The summed E-state index contributed by atoms with van der Waals surface area (Å²) < 4.78 is 20.9. The van der Waals surface area contributed by atoms with E-state index >= 15 is 0 Å². The molecule has 0 saturated heterocycles. The highest BCUT2D eigenvalue weighted by Gasteiger charge is 2.17. The van der Waals surface area contributed by atoms with Crippen LogP contribution in [0.5, 0.6) is 5.75 Å². The van der Waals surface area contributed by atoms with Crippen molar-refractivity contribution >= 4 is 0 Å². The fraction of sp³-hybridized carbons (Fsp3) is 0.400. The Labute approximate surface area is 112 Å². The predicted octanol–water partition coefficient (Wildman–Crippen LogP) is 3.72. The number of rotatable bonds is 4. The standard InChI is InChI=1S/C15H17FN2O/c16-14-7-3-4-8-15(14)19-11-12-9-10-18(17-12)13-5-1-2-6-13/h3-4,7-10,13H,1-2,5-6,11H2. The zero-order chi connectivity index (χ0) is 13.1. The Kier molecular flexibility index (Phi) is 3.49. The highest BCUT2D eigenvalue weighted by Crippen LogP contribution is 2.28. The molecule has 0 N–H and O–H groups in total. The number of para-hydroxylation sites is 1. The van der Waals surface area contributed by atoms with E-state index in [9.17, 15) is 4.39 Å². The molecule has 1 aliphatic carbocycles. The molecule has 0 atom stereocenters. The first kappa shape index (κ1) is 12.2. The fourth-order valence-corrected chi connectivity index (χ4v) is 2.54. The summed E-state index contributed by atoms with van der Waals surface area (Å²) in [6.07, 6.45) is 6.97. The van der Waals surface area contributed by atoms with Gasteiger partial charge < -0.3 is 4.74 Å². The second kappa shape index (κ2) is 5.43. The molecule has 3 nitrogen and oxygen atoms in total. The molecule has 1 aromatic heterocycles. The van der Waals surface area contributed by atoms with Gasteiger partial charge in [0.15, 0.2) is 11.6 Å². The molecule has 0 radical (unpaired) electrons. The second-order valence-corrected chi connectivity index (χ2v) is 4.94. The molecule has 0 spiro atoms. The third kappa shape index (κ3) is 2.78. The van der Waals surface area contributed by atoms with Gasteiger partial charge in [-0.15, -0.1) is 0 Å². The van der Waals surface area contributed by atoms with E-state index in [0.717, 1.165) is 5.69 Å². The summed E-state index contributed by atoms with van der Waals surface area (Å²) in [4.78, 5) is 0. The van der Waals surface area contributed by atoms with Gasteiger partial charge in [-0.1, -0.05) is 25.0 Å². The molecule has 0 amide bonds. The normalized spacial score (nSPS) is 15.8. The van der Waals surface area contributed by atoms with Crippen LogP contribution in [-0.4, -0.2) is 9.78 Å². The molecule has 4 heteroatoms. The van der Waals surface area contributed by atoms with E-state index in [1.165, 1.54) is 31.7 Å². The van der Waals surface area contributed by atoms with Gasteiger partial charge in [0.2, 0.25) is 0 Å². The quantitative estimate of drug-likeness (QED) is 0.837. The number of nitrogens with zero attached hydrogens (tertiary/aromatic N) is 2. The lowest BCUT2D eigenvalue weighted by molar-refractivity contribution is 0.283. The SMILES string of the molecule is Fc1ccccc1OCc1ccn(C2CCCC2)n1. The third-order valence-electron chi connectivity index (χ3n) is 3.57. The van der Waals surface area contributed by atoms with Crippen LogP contribution in [-0.2, 0) is 6.61 Å². The van der Waals surface area contributed by atoms with Crippen molar-refractivity contribution in [3.8, 4) is 5.75 Å². The minimum atomic E-state index is -0.335. The number of halogens is 1. The lowest BCUT2D eigenvalue weighted by Crippen LogP contribution is -2.06. The molecule has 0 unspecified atom stereocenters. The summed E-state index contributed by atoms with van der Waals surface area (Å²) in [7, 11) is 0. The number of benzene rings is 1. The lowest BCUT2D eigenvalue weighted by atomic mass is 10.3. The fourth-order valence-electron chi connectivity index (χ4n) is 2.54. The van der Waals surface area contributed by atoms with Crippen molar-refractivity contribution < 1.29 is 9.13 Å². The summed E-state index contributed by atoms with van der Waals surface area (Å²) in [6.45, 7) is 0.306. The number of ether oxygens (including phenoxy) is 1. The van der Waals surface area contributed by atoms with Crippen molar-refractivity contribution in [3.05, 3.63) is 48.0 Å². The first-order chi connectivity index (χ1) is 9.33. The van der Waals surface area contributed by atoms with E-state index < -0.39 is 0 Å². The summed E-state index contributed by atoms with van der Waals surface area (Å²) >= 11 is 0. The Balaban J connectivity index is 1.63. The van der Waals surface area contributed by atoms with Crippen molar-refractivity contribution in [2.75, 3.05) is 0 Å². The first-order valence-corrected chi connectivity index (χ1v) is 6.74. The van der Waals surface area contributed by atoms with E-state index in [1.54, 1.807) is 18.2 Å². The van der Waals surface area contributed by atoms with Gasteiger partial charge in [-0.05, 0) is 31.0 Å². The molecular formula is C15H17FN2O. The molecular weight excluding hydrogens is 243 g/mol. The van der Waals surface area contributed by atoms with E-state index in [0.29, 0.717) is 12.6 Å². The van der Waals surface area contributed by atoms with Crippen LogP contribution in [0.2, 0.25) is 0 Å². The Morgan fingerprint density at radius 3 is 2.79 bits per heavy atom. The van der Waals surface area contributed by atoms with Crippen LogP contribution in [0, 0.1) is 5.82 Å². The van der Waals surface area contributed by atoms with Gasteiger partial charge >= 0.3 is 0 Å². The average molecular weight is 260 g/mol. The summed E-state index contributed by atoms with van der Waals surface area (Å²) in [5.74, 6) is -0.0596. The van der Waals surface area contributed by atoms with Gasteiger partial charge in [-0.25, -0.2) is 4.39 Å². The zero-order valence-corrected chi connectivity index (χ0v) is 10.8. The molecule has 1 aliphatic rings. The van der Waals surface area contributed by atoms with Gasteiger partial charge in [0.25, 0.3) is 0 Å². The molecule has 1 heterocycles. The summed E-state index contributed by atoms with van der Waals surface area (Å²) in [5, 5.41) is 4.51. The van der Waals surface area contributed by atoms with Gasteiger partial charge in [0.1, 0.15) is 6.61 Å². The maximum Gasteiger partial charge on any atom is 0.165 e. The van der Waals surface area contributed by atoms with Crippen LogP contribution in [0.15, 0.2) is 36.5 Å². The maximum absolute atomic E-state index is 13.4. The Morgan fingerprint density at radius 1 is 1.21 bits per heavy atom. The second-order valence-electron chi connectivity index (χ2n) is 4.94. The smallest absolute Gasteiger partial charge is 0.165 e. The Bertz CT molecular complexity index is 547. The zero-order valence-electron chi connectivity index (χ0n) is 10.8. The molecule has 0 bridgehead atoms. The molecule has 2 aromatic rings. The van der Waals surface area contributed by atoms with E-state index in [4.69, 9.17) is 4.74 Å². The third-order valence-corrected chi connectivity index (χ3v) is 3.57. The number of hydrogen-bond acceptors (Lipinski definition) is 2. The molecule has 1 aromatic carbocycles. The van der Waals surface area contributed by atoms with Gasteiger partial charge in [0, 0.05) is 6.20 Å². The first-order valence-electron chi connectivity index (χ1n) is 6.74. The van der Waals surface area contributed by atoms with Crippen molar-refractivity contribution in [1.82, 2.24) is 9.78 Å². The highest BCUT2D eigenvalue weighted by atomic mass is 19.1. The number of aromatic nitrogens is 2. The minimum Gasteiger partial charge on any atom is -0.484 e. The van der Waals surface area contributed by atoms with Crippen LogP contribution < -0.4 is 4.74 Å². The van der Waals surface area contributed by atoms with Crippen molar-refractivity contribution in [2.45, 2.75) is 38.3 Å². The molecule has 19 heavy (non-hydrogen) atoms. The monoisotopic (exact) mass is 260 g/mol. The van der Waals surface area contributed by atoms with Crippen molar-refractivity contribution in [3.63, 3.8) is 0 Å². The molecule has 1 fully saturated rings. The van der Waals surface area contributed by atoms with E-state index in [-0.39, 0.29) is 11.6 Å². The predicted molar refractivity (Wildman–Crippen MR) is 70.5 cm³/mol. The molecule has 1 saturated carbocycles. The maximum atomic E-state index is 13.4. The molecule has 0 aliphatic heterocycles. The van der Waals surface area contributed by atoms with E-state index in [1.807, 2.05) is 16.9 Å².